The van der Waals surface area contributed by atoms with Gasteiger partial charge in [0.15, 0.2) is 6.61 Å². The Morgan fingerprint density at radius 1 is 0.816 bits per heavy atom. The highest BCUT2D eigenvalue weighted by atomic mass is 32.2. The highest BCUT2D eigenvalue weighted by Crippen LogP contribution is 2.22. The van der Waals surface area contributed by atoms with Crippen molar-refractivity contribution in [2.75, 3.05) is 37.7 Å². The SMILES string of the molecule is O=C(COC(=O)c1cccc(S(=O)(=O)N2CCN(c3ccccc3)CC2)c1)NC(=O)NCc1ccccc1. The maximum Gasteiger partial charge on any atom is 0.338 e. The largest absolute Gasteiger partial charge is 0.452 e. The Labute approximate surface area is 221 Å². The maximum atomic E-state index is 13.2. The zero-order valence-corrected chi connectivity index (χ0v) is 21.4. The predicted molar refractivity (Wildman–Crippen MR) is 141 cm³/mol. The van der Waals surface area contributed by atoms with Crippen LogP contribution in [0.4, 0.5) is 10.5 Å². The standard InChI is InChI=1S/C27H28N4O6S/c32-25(29-27(34)28-19-21-8-3-1-4-9-21)20-37-26(33)22-10-7-13-24(18-22)38(35,36)31-16-14-30(15-17-31)23-11-5-2-6-12-23/h1-13,18H,14-17,19-20H2,(H2,28,29,32,34). The molecule has 0 bridgehead atoms. The summed E-state index contributed by atoms with van der Waals surface area (Å²) in [6.07, 6.45) is 0. The van der Waals surface area contributed by atoms with Crippen molar-refractivity contribution in [2.45, 2.75) is 11.4 Å². The molecule has 1 saturated heterocycles. The lowest BCUT2D eigenvalue weighted by Crippen LogP contribution is -2.48. The number of piperazine rings is 1. The molecule has 10 nitrogen and oxygen atoms in total. The first-order chi connectivity index (χ1) is 18.3. The van der Waals surface area contributed by atoms with Crippen molar-refractivity contribution in [3.05, 3.63) is 96.1 Å². The molecule has 3 aromatic rings. The molecule has 1 aliphatic rings. The van der Waals surface area contributed by atoms with Crippen LogP contribution < -0.4 is 15.5 Å². The highest BCUT2D eigenvalue weighted by molar-refractivity contribution is 7.89. The summed E-state index contributed by atoms with van der Waals surface area (Å²) in [6.45, 7) is 1.22. The topological polar surface area (TPSA) is 125 Å². The Bertz CT molecular complexity index is 1370. The van der Waals surface area contributed by atoms with Crippen LogP contribution in [0.1, 0.15) is 15.9 Å². The minimum atomic E-state index is -3.83. The molecule has 38 heavy (non-hydrogen) atoms. The molecular weight excluding hydrogens is 508 g/mol. The number of hydrogen-bond acceptors (Lipinski definition) is 7. The van der Waals surface area contributed by atoms with Crippen LogP contribution in [0.2, 0.25) is 0 Å². The number of nitrogens with zero attached hydrogens (tertiary/aromatic N) is 2. The molecule has 1 aliphatic heterocycles. The summed E-state index contributed by atoms with van der Waals surface area (Å²) in [5.41, 5.74) is 1.87. The van der Waals surface area contributed by atoms with Crippen molar-refractivity contribution >= 4 is 33.6 Å². The highest BCUT2D eigenvalue weighted by Gasteiger charge is 2.29. The van der Waals surface area contributed by atoms with E-state index in [4.69, 9.17) is 4.74 Å². The van der Waals surface area contributed by atoms with Crippen molar-refractivity contribution in [1.29, 1.82) is 0 Å². The number of para-hydroxylation sites is 1. The molecule has 0 atom stereocenters. The van der Waals surface area contributed by atoms with Crippen LogP contribution in [-0.2, 0) is 26.1 Å². The number of carbonyl (C=O) groups is 3. The second-order valence-corrected chi connectivity index (χ2v) is 10.5. The van der Waals surface area contributed by atoms with E-state index in [-0.39, 0.29) is 17.0 Å². The van der Waals surface area contributed by atoms with Crippen molar-refractivity contribution in [2.24, 2.45) is 0 Å². The Balaban J connectivity index is 1.28. The van der Waals surface area contributed by atoms with Gasteiger partial charge in [0.1, 0.15) is 0 Å². The number of anilines is 1. The van der Waals surface area contributed by atoms with Gasteiger partial charge >= 0.3 is 12.0 Å². The normalized spacial score (nSPS) is 13.9. The molecule has 0 aromatic heterocycles. The zero-order chi connectivity index (χ0) is 27.0. The van der Waals surface area contributed by atoms with E-state index in [1.807, 2.05) is 60.7 Å². The number of benzene rings is 3. The van der Waals surface area contributed by atoms with Gasteiger partial charge in [-0.05, 0) is 35.9 Å². The number of carbonyl (C=O) groups excluding carboxylic acids is 3. The lowest BCUT2D eigenvalue weighted by molar-refractivity contribution is -0.123. The van der Waals surface area contributed by atoms with Gasteiger partial charge in [0, 0.05) is 38.4 Å². The monoisotopic (exact) mass is 536 g/mol. The van der Waals surface area contributed by atoms with E-state index in [9.17, 15) is 22.8 Å². The molecule has 1 heterocycles. The number of rotatable bonds is 8. The van der Waals surface area contributed by atoms with Crippen LogP contribution in [0, 0.1) is 0 Å². The predicted octanol–water partition coefficient (Wildman–Crippen LogP) is 2.38. The quantitative estimate of drug-likeness (QED) is 0.424. The Morgan fingerprint density at radius 3 is 2.16 bits per heavy atom. The molecule has 0 unspecified atom stereocenters. The van der Waals surface area contributed by atoms with Gasteiger partial charge in [-0.2, -0.15) is 4.31 Å². The summed E-state index contributed by atoms with van der Waals surface area (Å²) in [5.74, 6) is -1.69. The van der Waals surface area contributed by atoms with Crippen molar-refractivity contribution < 1.29 is 27.5 Å². The molecule has 0 saturated carbocycles. The fourth-order valence-corrected chi connectivity index (χ4v) is 5.43. The molecule has 1 fully saturated rings. The molecule has 0 spiro atoms. The van der Waals surface area contributed by atoms with Gasteiger partial charge in [-0.1, -0.05) is 54.6 Å². The smallest absolute Gasteiger partial charge is 0.338 e. The minimum absolute atomic E-state index is 0.0182. The first-order valence-corrected chi connectivity index (χ1v) is 13.5. The molecule has 3 aromatic carbocycles. The number of ether oxygens (including phenoxy) is 1. The van der Waals surface area contributed by atoms with E-state index in [1.54, 1.807) is 0 Å². The molecule has 198 valence electrons. The Hall–Kier alpha value is -4.22. The van der Waals surface area contributed by atoms with Gasteiger partial charge in [-0.15, -0.1) is 0 Å². The third-order valence-electron chi connectivity index (χ3n) is 5.95. The van der Waals surface area contributed by atoms with Crippen LogP contribution >= 0.6 is 0 Å². The number of urea groups is 1. The van der Waals surface area contributed by atoms with Gasteiger partial charge in [0.2, 0.25) is 10.0 Å². The van der Waals surface area contributed by atoms with Crippen molar-refractivity contribution in [1.82, 2.24) is 14.9 Å². The van der Waals surface area contributed by atoms with Crippen LogP contribution in [0.25, 0.3) is 0 Å². The number of hydrogen-bond donors (Lipinski definition) is 2. The van der Waals surface area contributed by atoms with Gasteiger partial charge in [-0.3, -0.25) is 10.1 Å². The van der Waals surface area contributed by atoms with E-state index >= 15 is 0 Å². The number of sulfonamides is 1. The molecule has 0 aliphatic carbocycles. The van der Waals surface area contributed by atoms with Crippen LogP contribution in [-0.4, -0.2) is 63.4 Å². The first kappa shape index (κ1) is 26.8. The summed E-state index contributed by atoms with van der Waals surface area (Å²) < 4.78 is 32.8. The van der Waals surface area contributed by atoms with Gasteiger partial charge in [0.05, 0.1) is 10.5 Å². The van der Waals surface area contributed by atoms with E-state index < -0.39 is 34.5 Å². The summed E-state index contributed by atoms with van der Waals surface area (Å²) >= 11 is 0. The molecular formula is C27H28N4O6S. The fourth-order valence-electron chi connectivity index (χ4n) is 3.96. The maximum absolute atomic E-state index is 13.2. The molecule has 3 amide bonds. The van der Waals surface area contributed by atoms with E-state index in [0.717, 1.165) is 11.3 Å². The summed E-state index contributed by atoms with van der Waals surface area (Å²) in [5, 5.41) is 4.61. The fraction of sp³-hybridized carbons (Fsp3) is 0.222. The van der Waals surface area contributed by atoms with E-state index in [1.165, 1.54) is 28.6 Å². The van der Waals surface area contributed by atoms with Crippen molar-refractivity contribution in [3.63, 3.8) is 0 Å². The van der Waals surface area contributed by atoms with Gasteiger partial charge in [-0.25, -0.2) is 18.0 Å². The molecule has 0 radical (unpaired) electrons. The molecule has 2 N–H and O–H groups in total. The van der Waals surface area contributed by atoms with Crippen LogP contribution in [0.3, 0.4) is 0 Å². The van der Waals surface area contributed by atoms with Gasteiger partial charge in [0.25, 0.3) is 5.91 Å². The Kier molecular flexibility index (Phi) is 8.72. The average molecular weight is 537 g/mol. The summed E-state index contributed by atoms with van der Waals surface area (Å²) in [6, 6.07) is 23.7. The van der Waals surface area contributed by atoms with Gasteiger partial charge < -0.3 is 15.0 Å². The van der Waals surface area contributed by atoms with Crippen LogP contribution in [0.15, 0.2) is 89.8 Å². The third-order valence-corrected chi connectivity index (χ3v) is 7.85. The number of esters is 1. The minimum Gasteiger partial charge on any atom is -0.452 e. The summed E-state index contributed by atoms with van der Waals surface area (Å²) in [4.78, 5) is 38.5. The third kappa shape index (κ3) is 6.96. The molecule has 4 rings (SSSR count). The Morgan fingerprint density at radius 2 is 1.47 bits per heavy atom. The van der Waals surface area contributed by atoms with E-state index in [0.29, 0.717) is 26.2 Å². The number of imide groups is 1. The number of nitrogens with one attached hydrogen (secondary N) is 2. The summed E-state index contributed by atoms with van der Waals surface area (Å²) in [7, 11) is -3.83. The van der Waals surface area contributed by atoms with Crippen LogP contribution in [0.5, 0.6) is 0 Å². The van der Waals surface area contributed by atoms with Crippen molar-refractivity contribution in [3.8, 4) is 0 Å². The first-order valence-electron chi connectivity index (χ1n) is 12.0. The molecule has 11 heteroatoms. The van der Waals surface area contributed by atoms with E-state index in [2.05, 4.69) is 15.5 Å². The number of amides is 3. The zero-order valence-electron chi connectivity index (χ0n) is 20.6. The average Bonchev–Trinajstić information content (AvgIpc) is 2.96. The lowest BCUT2D eigenvalue weighted by atomic mass is 10.2. The second kappa shape index (κ2) is 12.3. The second-order valence-electron chi connectivity index (χ2n) is 8.55. The lowest BCUT2D eigenvalue weighted by Gasteiger charge is -2.35.